The van der Waals surface area contributed by atoms with Crippen molar-refractivity contribution in [3.05, 3.63) is 47.0 Å². The molecule has 2 heteroatoms. The second-order valence-electron chi connectivity index (χ2n) is 8.18. The summed E-state index contributed by atoms with van der Waals surface area (Å²) in [5.74, 6) is 0. The van der Waals surface area contributed by atoms with Crippen LogP contribution in [0.5, 0.6) is 0 Å². The number of rotatable bonds is 10. The maximum Gasteiger partial charge on any atom is 0.134 e. The number of unbranched alkanes of at least 4 members (excludes halogenated alkanes) is 4. The number of aryl methyl sites for hydroxylation is 2. The van der Waals surface area contributed by atoms with Crippen molar-refractivity contribution in [2.75, 3.05) is 13.1 Å². The molecule has 2 aromatic carbocycles. The van der Waals surface area contributed by atoms with E-state index in [-0.39, 0.29) is 0 Å². The molecule has 0 saturated carbocycles. The van der Waals surface area contributed by atoms with Crippen molar-refractivity contribution in [2.24, 2.45) is 0 Å². The Bertz CT molecular complexity index is 714. The number of nitrogens with zero attached hydrogens (tertiary/aromatic N) is 1. The Kier molecular flexibility index (Phi) is 7.72. The van der Waals surface area contributed by atoms with Gasteiger partial charge in [0.15, 0.2) is 0 Å². The minimum absolute atomic E-state index is 0.490. The zero-order chi connectivity index (χ0) is 19.1. The molecule has 0 aromatic heterocycles. The topological polar surface area (TPSA) is 23.5 Å². The fourth-order valence-electron chi connectivity index (χ4n) is 4.56. The van der Waals surface area contributed by atoms with Crippen molar-refractivity contribution in [3.8, 4) is 0 Å². The Morgan fingerprint density at radius 1 is 0.889 bits per heavy atom. The van der Waals surface area contributed by atoms with Gasteiger partial charge in [0.25, 0.3) is 0 Å². The number of hydrogen-bond donors (Lipinski definition) is 1. The van der Waals surface area contributed by atoms with Gasteiger partial charge in [0, 0.05) is 18.7 Å². The lowest BCUT2D eigenvalue weighted by atomic mass is 9.85. The van der Waals surface area contributed by atoms with E-state index >= 15 is 0 Å². The summed E-state index contributed by atoms with van der Waals surface area (Å²) < 4.78 is 0. The first-order valence-electron chi connectivity index (χ1n) is 11.2. The lowest BCUT2D eigenvalue weighted by Gasteiger charge is -2.30. The first-order valence-corrected chi connectivity index (χ1v) is 11.2. The average molecular weight is 368 g/mol. The van der Waals surface area contributed by atoms with Crippen molar-refractivity contribution in [3.63, 3.8) is 0 Å². The molecule has 0 heterocycles. The fraction of sp³-hybridized carbons (Fsp3) is 0.600. The van der Waals surface area contributed by atoms with Crippen LogP contribution in [-0.4, -0.2) is 23.1 Å². The number of aliphatic hydroxyl groups is 1. The monoisotopic (exact) mass is 367 g/mol. The van der Waals surface area contributed by atoms with Crippen LogP contribution in [0.3, 0.4) is 0 Å². The predicted octanol–water partition coefficient (Wildman–Crippen LogP) is 6.39. The number of aliphatic hydroxyl groups excluding tert-OH is 1. The molecule has 0 fully saturated rings. The molecule has 0 bridgehead atoms. The molecule has 1 atom stereocenters. The smallest absolute Gasteiger partial charge is 0.134 e. The van der Waals surface area contributed by atoms with Gasteiger partial charge in [0.1, 0.15) is 6.23 Å². The van der Waals surface area contributed by atoms with E-state index in [9.17, 15) is 5.11 Å². The van der Waals surface area contributed by atoms with Gasteiger partial charge in [-0.2, -0.15) is 0 Å². The van der Waals surface area contributed by atoms with Gasteiger partial charge in [0.05, 0.1) is 0 Å². The fourth-order valence-corrected chi connectivity index (χ4v) is 4.56. The zero-order valence-electron chi connectivity index (χ0n) is 17.3. The summed E-state index contributed by atoms with van der Waals surface area (Å²) in [4.78, 5) is 2.32. The van der Waals surface area contributed by atoms with Crippen LogP contribution in [-0.2, 0) is 12.8 Å². The molecule has 0 radical (unpaired) electrons. The first-order chi connectivity index (χ1) is 13.3. The second-order valence-corrected chi connectivity index (χ2v) is 8.18. The van der Waals surface area contributed by atoms with Crippen molar-refractivity contribution < 1.29 is 5.11 Å². The third kappa shape index (κ3) is 4.92. The first kappa shape index (κ1) is 20.4. The molecule has 0 aliphatic heterocycles. The average Bonchev–Trinajstić information content (AvgIpc) is 2.72. The van der Waals surface area contributed by atoms with Crippen LogP contribution in [0.25, 0.3) is 10.8 Å². The molecule has 0 amide bonds. The Morgan fingerprint density at radius 3 is 2.19 bits per heavy atom. The third-order valence-corrected chi connectivity index (χ3v) is 6.13. The van der Waals surface area contributed by atoms with E-state index in [4.69, 9.17) is 0 Å². The lowest BCUT2D eigenvalue weighted by molar-refractivity contribution is 0.000505. The summed E-state index contributed by atoms with van der Waals surface area (Å²) in [6, 6.07) is 11.1. The van der Waals surface area contributed by atoms with Crippen molar-refractivity contribution in [1.82, 2.24) is 4.90 Å². The second kappa shape index (κ2) is 10.2. The zero-order valence-corrected chi connectivity index (χ0v) is 17.3. The summed E-state index contributed by atoms with van der Waals surface area (Å²) in [5.41, 5.74) is 4.12. The molecule has 0 spiro atoms. The Hall–Kier alpha value is -1.38. The van der Waals surface area contributed by atoms with Crippen LogP contribution < -0.4 is 0 Å². The Labute approximate surface area is 165 Å². The van der Waals surface area contributed by atoms with Crippen LogP contribution in [0.4, 0.5) is 0 Å². The molecule has 27 heavy (non-hydrogen) atoms. The Morgan fingerprint density at radius 2 is 1.52 bits per heavy atom. The minimum atomic E-state index is -0.490. The van der Waals surface area contributed by atoms with E-state index in [1.165, 1.54) is 79.7 Å². The van der Waals surface area contributed by atoms with Crippen LogP contribution in [0.1, 0.15) is 88.1 Å². The summed E-state index contributed by atoms with van der Waals surface area (Å²) in [6.45, 7) is 6.47. The SMILES string of the molecule is CCCCCN(CCCCC)[C@@H](O)c1cc2c(c3ccccc13)CCCC2. The van der Waals surface area contributed by atoms with E-state index < -0.39 is 6.23 Å². The van der Waals surface area contributed by atoms with Crippen LogP contribution >= 0.6 is 0 Å². The number of hydrogen-bond acceptors (Lipinski definition) is 2. The predicted molar refractivity (Wildman–Crippen MR) is 116 cm³/mol. The van der Waals surface area contributed by atoms with Gasteiger partial charge in [-0.3, -0.25) is 4.90 Å². The number of benzene rings is 2. The highest BCUT2D eigenvalue weighted by Gasteiger charge is 2.22. The molecule has 3 rings (SSSR count). The highest BCUT2D eigenvalue weighted by Crippen LogP contribution is 2.35. The minimum Gasteiger partial charge on any atom is -0.374 e. The van der Waals surface area contributed by atoms with Gasteiger partial charge in [0.2, 0.25) is 0 Å². The summed E-state index contributed by atoms with van der Waals surface area (Å²) in [5, 5.41) is 14.0. The summed E-state index contributed by atoms with van der Waals surface area (Å²) in [6.07, 6.45) is 11.7. The van der Waals surface area contributed by atoms with Gasteiger partial charge in [-0.1, -0.05) is 69.9 Å². The molecule has 2 nitrogen and oxygen atoms in total. The highest BCUT2D eigenvalue weighted by molar-refractivity contribution is 5.90. The quantitative estimate of drug-likeness (QED) is 0.388. The molecule has 1 aliphatic carbocycles. The van der Waals surface area contributed by atoms with Crippen LogP contribution in [0.15, 0.2) is 30.3 Å². The summed E-state index contributed by atoms with van der Waals surface area (Å²) in [7, 11) is 0. The van der Waals surface area contributed by atoms with Gasteiger partial charge >= 0.3 is 0 Å². The molecule has 0 saturated heterocycles. The van der Waals surface area contributed by atoms with Crippen LogP contribution in [0, 0.1) is 0 Å². The van der Waals surface area contributed by atoms with Gasteiger partial charge in [-0.25, -0.2) is 0 Å². The standard InChI is InChI=1S/C25H37NO/c1-3-5-11-17-26(18-12-6-4-2)25(27)24-19-20-13-7-8-14-21(20)22-15-9-10-16-23(22)24/h9-10,15-16,19,25,27H,3-8,11-14,17-18H2,1-2H3/t25-/m0/s1. The molecule has 0 unspecified atom stereocenters. The number of fused-ring (bicyclic) bond motifs is 3. The van der Waals surface area contributed by atoms with Gasteiger partial charge in [-0.05, 0) is 60.4 Å². The maximum atomic E-state index is 11.4. The van der Waals surface area contributed by atoms with E-state index in [1.807, 2.05) is 0 Å². The Balaban J connectivity index is 1.92. The van der Waals surface area contributed by atoms with E-state index in [2.05, 4.69) is 49.1 Å². The van der Waals surface area contributed by atoms with Crippen molar-refractivity contribution >= 4 is 10.8 Å². The molecule has 148 valence electrons. The third-order valence-electron chi connectivity index (χ3n) is 6.13. The van der Waals surface area contributed by atoms with Gasteiger partial charge < -0.3 is 5.11 Å². The maximum absolute atomic E-state index is 11.4. The van der Waals surface area contributed by atoms with E-state index in [0.717, 1.165) is 25.1 Å². The normalized spacial score (nSPS) is 15.3. The van der Waals surface area contributed by atoms with Crippen molar-refractivity contribution in [2.45, 2.75) is 84.3 Å². The molecule has 1 N–H and O–H groups in total. The largest absolute Gasteiger partial charge is 0.374 e. The van der Waals surface area contributed by atoms with Gasteiger partial charge in [-0.15, -0.1) is 0 Å². The molecular weight excluding hydrogens is 330 g/mol. The van der Waals surface area contributed by atoms with E-state index in [0.29, 0.717) is 0 Å². The van der Waals surface area contributed by atoms with E-state index in [1.54, 1.807) is 0 Å². The highest BCUT2D eigenvalue weighted by atomic mass is 16.3. The van der Waals surface area contributed by atoms with Crippen LogP contribution in [0.2, 0.25) is 0 Å². The molecular formula is C25H37NO. The lowest BCUT2D eigenvalue weighted by Crippen LogP contribution is -2.31. The summed E-state index contributed by atoms with van der Waals surface area (Å²) >= 11 is 0. The van der Waals surface area contributed by atoms with Crippen molar-refractivity contribution in [1.29, 1.82) is 0 Å². The molecule has 1 aliphatic rings. The molecule has 2 aromatic rings.